The van der Waals surface area contributed by atoms with E-state index in [0.29, 0.717) is 12.5 Å². The summed E-state index contributed by atoms with van der Waals surface area (Å²) in [6, 6.07) is 12.4. The molecule has 0 amide bonds. The summed E-state index contributed by atoms with van der Waals surface area (Å²) in [4.78, 5) is 4.26. The predicted octanol–water partition coefficient (Wildman–Crippen LogP) is 4.61. The standard InChI is InChI=1S/C18H24N2O/c1-4-14(3)16-6-8-17(9-7-16)21-13-15-10-11-20-18(12-15)19-5-2/h6-12,14H,4-5,13H2,1-3H3,(H,19,20). The molecule has 0 radical (unpaired) electrons. The molecule has 0 aliphatic carbocycles. The number of hydrogen-bond donors (Lipinski definition) is 1. The van der Waals surface area contributed by atoms with Crippen molar-refractivity contribution >= 4 is 5.82 Å². The van der Waals surface area contributed by atoms with Crippen LogP contribution < -0.4 is 10.1 Å². The third-order valence-corrected chi connectivity index (χ3v) is 3.65. The van der Waals surface area contributed by atoms with E-state index in [1.54, 1.807) is 0 Å². The van der Waals surface area contributed by atoms with E-state index in [-0.39, 0.29) is 0 Å². The number of hydrogen-bond acceptors (Lipinski definition) is 3. The summed E-state index contributed by atoms with van der Waals surface area (Å²) in [5.41, 5.74) is 2.48. The highest BCUT2D eigenvalue weighted by Crippen LogP contribution is 2.22. The molecule has 2 aromatic rings. The summed E-state index contributed by atoms with van der Waals surface area (Å²) >= 11 is 0. The van der Waals surface area contributed by atoms with Crippen LogP contribution in [0.15, 0.2) is 42.6 Å². The molecule has 0 saturated heterocycles. The van der Waals surface area contributed by atoms with E-state index in [1.807, 2.05) is 30.5 Å². The molecule has 1 N–H and O–H groups in total. The van der Waals surface area contributed by atoms with Crippen LogP contribution in [0, 0.1) is 0 Å². The monoisotopic (exact) mass is 284 g/mol. The van der Waals surface area contributed by atoms with Gasteiger partial charge in [0.05, 0.1) is 0 Å². The Hall–Kier alpha value is -2.03. The van der Waals surface area contributed by atoms with Gasteiger partial charge in [-0.25, -0.2) is 4.98 Å². The number of pyridine rings is 1. The summed E-state index contributed by atoms with van der Waals surface area (Å²) in [6.45, 7) is 7.94. The van der Waals surface area contributed by atoms with Gasteiger partial charge in [-0.05, 0) is 54.7 Å². The lowest BCUT2D eigenvalue weighted by Gasteiger charge is -2.11. The topological polar surface area (TPSA) is 34.1 Å². The van der Waals surface area contributed by atoms with Crippen molar-refractivity contribution in [2.75, 3.05) is 11.9 Å². The van der Waals surface area contributed by atoms with Crippen LogP contribution in [0.2, 0.25) is 0 Å². The summed E-state index contributed by atoms with van der Waals surface area (Å²) in [5.74, 6) is 2.40. The number of nitrogens with one attached hydrogen (secondary N) is 1. The highest BCUT2D eigenvalue weighted by atomic mass is 16.5. The minimum atomic E-state index is 0.559. The lowest BCUT2D eigenvalue weighted by atomic mass is 9.99. The average Bonchev–Trinajstić information content (AvgIpc) is 2.53. The molecule has 1 heterocycles. The zero-order valence-corrected chi connectivity index (χ0v) is 13.1. The van der Waals surface area contributed by atoms with Gasteiger partial charge in [0, 0.05) is 12.7 Å². The van der Waals surface area contributed by atoms with Crippen LogP contribution >= 0.6 is 0 Å². The summed E-state index contributed by atoms with van der Waals surface area (Å²) < 4.78 is 5.84. The largest absolute Gasteiger partial charge is 0.489 e. The van der Waals surface area contributed by atoms with Crippen molar-refractivity contribution in [1.29, 1.82) is 0 Å². The Morgan fingerprint density at radius 3 is 2.57 bits per heavy atom. The molecule has 1 unspecified atom stereocenters. The molecule has 2 rings (SSSR count). The Kier molecular flexibility index (Phi) is 5.61. The molecule has 0 bridgehead atoms. The number of ether oxygens (including phenoxy) is 1. The molecule has 3 nitrogen and oxygen atoms in total. The third-order valence-electron chi connectivity index (χ3n) is 3.65. The summed E-state index contributed by atoms with van der Waals surface area (Å²) in [5, 5.41) is 3.21. The second-order valence-electron chi connectivity index (χ2n) is 5.25. The average molecular weight is 284 g/mol. The second kappa shape index (κ2) is 7.67. The molecular weight excluding hydrogens is 260 g/mol. The molecule has 0 saturated carbocycles. The Labute approximate surface area is 127 Å². The maximum Gasteiger partial charge on any atom is 0.126 e. The maximum atomic E-state index is 5.84. The van der Waals surface area contributed by atoms with Crippen LogP contribution in [0.25, 0.3) is 0 Å². The molecule has 3 heteroatoms. The first-order valence-corrected chi connectivity index (χ1v) is 7.64. The Bertz CT molecular complexity index is 551. The minimum Gasteiger partial charge on any atom is -0.489 e. The fraction of sp³-hybridized carbons (Fsp3) is 0.389. The van der Waals surface area contributed by atoms with Gasteiger partial charge in [0.2, 0.25) is 0 Å². The van der Waals surface area contributed by atoms with E-state index in [0.717, 1.165) is 30.1 Å². The molecule has 21 heavy (non-hydrogen) atoms. The Morgan fingerprint density at radius 2 is 1.90 bits per heavy atom. The number of nitrogens with zero attached hydrogens (tertiary/aromatic N) is 1. The van der Waals surface area contributed by atoms with Gasteiger partial charge in [-0.1, -0.05) is 26.0 Å². The molecule has 0 aliphatic rings. The minimum absolute atomic E-state index is 0.559. The van der Waals surface area contributed by atoms with E-state index in [2.05, 4.69) is 43.2 Å². The quantitative estimate of drug-likeness (QED) is 0.806. The first-order valence-electron chi connectivity index (χ1n) is 7.64. The van der Waals surface area contributed by atoms with Crippen molar-refractivity contribution in [3.63, 3.8) is 0 Å². The zero-order chi connectivity index (χ0) is 15.1. The SMILES string of the molecule is CCNc1cc(COc2ccc(C(C)CC)cc2)ccn1. The molecular formula is C18H24N2O. The lowest BCUT2D eigenvalue weighted by Crippen LogP contribution is -2.01. The number of anilines is 1. The normalized spacial score (nSPS) is 12.0. The van der Waals surface area contributed by atoms with Gasteiger partial charge in [0.15, 0.2) is 0 Å². The van der Waals surface area contributed by atoms with Gasteiger partial charge in [-0.15, -0.1) is 0 Å². The number of benzene rings is 1. The van der Waals surface area contributed by atoms with Crippen molar-refractivity contribution in [3.8, 4) is 5.75 Å². The van der Waals surface area contributed by atoms with Crippen LogP contribution in [-0.4, -0.2) is 11.5 Å². The second-order valence-corrected chi connectivity index (χ2v) is 5.25. The first-order chi connectivity index (χ1) is 10.2. The Balaban J connectivity index is 1.95. The molecule has 1 aromatic carbocycles. The van der Waals surface area contributed by atoms with Gasteiger partial charge in [-0.3, -0.25) is 0 Å². The van der Waals surface area contributed by atoms with E-state index in [4.69, 9.17) is 4.74 Å². The Morgan fingerprint density at radius 1 is 1.14 bits per heavy atom. The van der Waals surface area contributed by atoms with Crippen molar-refractivity contribution in [3.05, 3.63) is 53.7 Å². The highest BCUT2D eigenvalue weighted by molar-refractivity contribution is 5.37. The van der Waals surface area contributed by atoms with E-state index in [1.165, 1.54) is 5.56 Å². The molecule has 1 atom stereocenters. The third kappa shape index (κ3) is 4.48. The number of rotatable bonds is 7. The van der Waals surface area contributed by atoms with E-state index < -0.39 is 0 Å². The van der Waals surface area contributed by atoms with Crippen LogP contribution in [0.4, 0.5) is 5.82 Å². The fourth-order valence-electron chi connectivity index (χ4n) is 2.14. The molecule has 0 aliphatic heterocycles. The molecule has 112 valence electrons. The molecule has 0 fully saturated rings. The van der Waals surface area contributed by atoms with Gasteiger partial charge in [0.25, 0.3) is 0 Å². The maximum absolute atomic E-state index is 5.84. The van der Waals surface area contributed by atoms with Crippen molar-refractivity contribution in [2.24, 2.45) is 0 Å². The van der Waals surface area contributed by atoms with Gasteiger partial charge < -0.3 is 10.1 Å². The molecule has 0 spiro atoms. The van der Waals surface area contributed by atoms with Crippen LogP contribution in [0.5, 0.6) is 5.75 Å². The lowest BCUT2D eigenvalue weighted by molar-refractivity contribution is 0.306. The van der Waals surface area contributed by atoms with Crippen LogP contribution in [-0.2, 0) is 6.61 Å². The smallest absolute Gasteiger partial charge is 0.126 e. The van der Waals surface area contributed by atoms with Crippen molar-refractivity contribution < 1.29 is 4.74 Å². The van der Waals surface area contributed by atoms with Gasteiger partial charge >= 0.3 is 0 Å². The van der Waals surface area contributed by atoms with Crippen molar-refractivity contribution in [2.45, 2.75) is 39.7 Å². The summed E-state index contributed by atoms with van der Waals surface area (Å²) in [7, 11) is 0. The predicted molar refractivity (Wildman–Crippen MR) is 87.9 cm³/mol. The van der Waals surface area contributed by atoms with Crippen molar-refractivity contribution in [1.82, 2.24) is 4.98 Å². The molecule has 1 aromatic heterocycles. The van der Waals surface area contributed by atoms with E-state index in [9.17, 15) is 0 Å². The highest BCUT2D eigenvalue weighted by Gasteiger charge is 2.03. The van der Waals surface area contributed by atoms with Crippen LogP contribution in [0.1, 0.15) is 44.2 Å². The summed E-state index contributed by atoms with van der Waals surface area (Å²) in [6.07, 6.45) is 2.97. The first kappa shape index (κ1) is 15.4. The van der Waals surface area contributed by atoms with E-state index >= 15 is 0 Å². The van der Waals surface area contributed by atoms with Crippen LogP contribution in [0.3, 0.4) is 0 Å². The van der Waals surface area contributed by atoms with Gasteiger partial charge in [-0.2, -0.15) is 0 Å². The van der Waals surface area contributed by atoms with Gasteiger partial charge in [0.1, 0.15) is 18.2 Å². The fourth-order valence-corrected chi connectivity index (χ4v) is 2.14. The zero-order valence-electron chi connectivity index (χ0n) is 13.1. The number of aromatic nitrogens is 1.